The Morgan fingerprint density at radius 1 is 1.29 bits per heavy atom. The number of pyridine rings is 1. The Morgan fingerprint density at radius 3 is 2.88 bits per heavy atom. The second kappa shape index (κ2) is 3.85. The highest BCUT2D eigenvalue weighted by molar-refractivity contribution is 7.15. The Labute approximate surface area is 102 Å². The number of aryl methyl sites for hydroxylation is 1. The van der Waals surface area contributed by atoms with E-state index < -0.39 is 0 Å². The molecule has 4 nitrogen and oxygen atoms in total. The molecule has 0 aromatic carbocycles. The Morgan fingerprint density at radius 2 is 2.18 bits per heavy atom. The monoisotopic (exact) mass is 245 g/mol. The standard InChI is InChI=1S/C12H11N3OS/c1-8-3-4-10(17-8)12-13-11-7-9(16-2)5-6-15(11)14-12/h3-7H,1-2H3. The van der Waals surface area contributed by atoms with Gasteiger partial charge in [-0.1, -0.05) is 0 Å². The van der Waals surface area contributed by atoms with Crippen molar-refractivity contribution in [2.24, 2.45) is 0 Å². The minimum atomic E-state index is 0.761. The van der Waals surface area contributed by atoms with Gasteiger partial charge in [0.25, 0.3) is 0 Å². The van der Waals surface area contributed by atoms with E-state index >= 15 is 0 Å². The van der Waals surface area contributed by atoms with Crippen LogP contribution in [-0.2, 0) is 0 Å². The molecule has 0 aliphatic rings. The third-order valence-corrected chi connectivity index (χ3v) is 3.50. The van der Waals surface area contributed by atoms with Crippen molar-refractivity contribution in [2.75, 3.05) is 7.11 Å². The lowest BCUT2D eigenvalue weighted by atomic mass is 10.4. The van der Waals surface area contributed by atoms with Crippen molar-refractivity contribution < 1.29 is 4.74 Å². The molecule has 0 radical (unpaired) electrons. The third kappa shape index (κ3) is 1.78. The molecule has 0 N–H and O–H groups in total. The van der Waals surface area contributed by atoms with Gasteiger partial charge in [-0.2, -0.15) is 0 Å². The van der Waals surface area contributed by atoms with Crippen LogP contribution in [0.25, 0.3) is 16.3 Å². The lowest BCUT2D eigenvalue weighted by Crippen LogP contribution is -1.88. The van der Waals surface area contributed by atoms with Crippen molar-refractivity contribution in [3.05, 3.63) is 35.3 Å². The summed E-state index contributed by atoms with van der Waals surface area (Å²) < 4.78 is 6.92. The quantitative estimate of drug-likeness (QED) is 0.697. The van der Waals surface area contributed by atoms with Gasteiger partial charge in [0.15, 0.2) is 11.5 Å². The van der Waals surface area contributed by atoms with Crippen LogP contribution in [0.3, 0.4) is 0 Å². The molecule has 0 amide bonds. The Hall–Kier alpha value is -1.88. The first-order chi connectivity index (χ1) is 8.26. The van der Waals surface area contributed by atoms with Crippen LogP contribution in [0.15, 0.2) is 30.5 Å². The zero-order valence-corrected chi connectivity index (χ0v) is 10.4. The van der Waals surface area contributed by atoms with Crippen molar-refractivity contribution in [3.63, 3.8) is 0 Å². The van der Waals surface area contributed by atoms with E-state index in [9.17, 15) is 0 Å². The van der Waals surface area contributed by atoms with Gasteiger partial charge < -0.3 is 4.74 Å². The SMILES string of the molecule is COc1ccn2nc(-c3ccc(C)s3)nc2c1. The van der Waals surface area contributed by atoms with Crippen LogP contribution in [-0.4, -0.2) is 21.7 Å². The lowest BCUT2D eigenvalue weighted by Gasteiger charge is -1.97. The van der Waals surface area contributed by atoms with Gasteiger partial charge in [-0.05, 0) is 25.1 Å². The van der Waals surface area contributed by atoms with E-state index in [2.05, 4.69) is 23.1 Å². The van der Waals surface area contributed by atoms with Crippen LogP contribution in [0.2, 0.25) is 0 Å². The molecule has 17 heavy (non-hydrogen) atoms. The van der Waals surface area contributed by atoms with Crippen LogP contribution in [0.4, 0.5) is 0 Å². The average molecular weight is 245 g/mol. The Balaban J connectivity index is 2.13. The van der Waals surface area contributed by atoms with Gasteiger partial charge >= 0.3 is 0 Å². The molecule has 0 saturated heterocycles. The number of ether oxygens (including phenoxy) is 1. The van der Waals surface area contributed by atoms with Gasteiger partial charge in [0.1, 0.15) is 5.75 Å². The summed E-state index contributed by atoms with van der Waals surface area (Å²) in [5.41, 5.74) is 0.797. The summed E-state index contributed by atoms with van der Waals surface area (Å²) in [5, 5.41) is 4.43. The highest BCUT2D eigenvalue weighted by Gasteiger charge is 2.08. The number of methoxy groups -OCH3 is 1. The van der Waals surface area contributed by atoms with E-state index in [0.717, 1.165) is 22.1 Å². The molecule has 0 aliphatic heterocycles. The van der Waals surface area contributed by atoms with Gasteiger partial charge in [0.2, 0.25) is 0 Å². The molecule has 3 aromatic rings. The van der Waals surface area contributed by atoms with Gasteiger partial charge in [0, 0.05) is 17.1 Å². The first kappa shape index (κ1) is 10.3. The molecule has 0 aliphatic carbocycles. The summed E-state index contributed by atoms with van der Waals surface area (Å²) in [6.45, 7) is 2.08. The smallest absolute Gasteiger partial charge is 0.192 e. The number of nitrogens with zero attached hydrogens (tertiary/aromatic N) is 3. The van der Waals surface area contributed by atoms with Crippen molar-refractivity contribution in [2.45, 2.75) is 6.92 Å². The van der Waals surface area contributed by atoms with Crippen molar-refractivity contribution in [3.8, 4) is 16.5 Å². The van der Waals surface area contributed by atoms with Crippen LogP contribution in [0.5, 0.6) is 5.75 Å². The second-order valence-electron chi connectivity index (χ2n) is 3.72. The number of aromatic nitrogens is 3. The van der Waals surface area contributed by atoms with Crippen molar-refractivity contribution in [1.82, 2.24) is 14.6 Å². The summed E-state index contributed by atoms with van der Waals surface area (Å²) in [7, 11) is 1.64. The summed E-state index contributed by atoms with van der Waals surface area (Å²) >= 11 is 1.70. The number of hydrogen-bond donors (Lipinski definition) is 0. The molecule has 3 aromatic heterocycles. The average Bonchev–Trinajstić information content (AvgIpc) is 2.93. The largest absolute Gasteiger partial charge is 0.497 e. The van der Waals surface area contributed by atoms with E-state index in [1.165, 1.54) is 4.88 Å². The molecule has 0 spiro atoms. The fraction of sp³-hybridized carbons (Fsp3) is 0.167. The number of fused-ring (bicyclic) bond motifs is 1. The number of rotatable bonds is 2. The predicted octanol–water partition coefficient (Wildman–Crippen LogP) is 2.77. The maximum atomic E-state index is 5.16. The van der Waals surface area contributed by atoms with Gasteiger partial charge in [-0.3, -0.25) is 0 Å². The molecule has 3 rings (SSSR count). The molecule has 0 unspecified atom stereocenters. The van der Waals surface area contributed by atoms with Crippen LogP contribution in [0.1, 0.15) is 4.88 Å². The Kier molecular flexibility index (Phi) is 2.33. The second-order valence-corrected chi connectivity index (χ2v) is 5.00. The predicted molar refractivity (Wildman–Crippen MR) is 67.6 cm³/mol. The molecule has 3 heterocycles. The summed E-state index contributed by atoms with van der Waals surface area (Å²) in [6, 6.07) is 7.86. The van der Waals surface area contributed by atoms with E-state index in [-0.39, 0.29) is 0 Å². The van der Waals surface area contributed by atoms with Crippen LogP contribution >= 0.6 is 11.3 Å². The van der Waals surface area contributed by atoms with E-state index in [1.54, 1.807) is 23.0 Å². The number of hydrogen-bond acceptors (Lipinski definition) is 4. The molecule has 86 valence electrons. The fourth-order valence-corrected chi connectivity index (χ4v) is 2.45. The molecule has 0 atom stereocenters. The first-order valence-electron chi connectivity index (χ1n) is 5.23. The first-order valence-corrected chi connectivity index (χ1v) is 6.05. The van der Waals surface area contributed by atoms with E-state index in [1.807, 2.05) is 24.4 Å². The Bertz CT molecular complexity index is 671. The fourth-order valence-electron chi connectivity index (χ4n) is 1.65. The summed E-state index contributed by atoms with van der Waals surface area (Å²) in [5.74, 6) is 1.55. The summed E-state index contributed by atoms with van der Waals surface area (Å²) in [6.07, 6.45) is 1.85. The van der Waals surface area contributed by atoms with Crippen LogP contribution in [0, 0.1) is 6.92 Å². The van der Waals surface area contributed by atoms with Gasteiger partial charge in [-0.25, -0.2) is 9.50 Å². The maximum absolute atomic E-state index is 5.16. The highest BCUT2D eigenvalue weighted by atomic mass is 32.1. The van der Waals surface area contributed by atoms with E-state index in [0.29, 0.717) is 0 Å². The highest BCUT2D eigenvalue weighted by Crippen LogP contribution is 2.25. The minimum absolute atomic E-state index is 0.761. The van der Waals surface area contributed by atoms with Crippen LogP contribution < -0.4 is 4.74 Å². The van der Waals surface area contributed by atoms with E-state index in [4.69, 9.17) is 4.74 Å². The zero-order chi connectivity index (χ0) is 11.8. The normalized spacial score (nSPS) is 10.9. The molecule has 5 heteroatoms. The molecular weight excluding hydrogens is 234 g/mol. The minimum Gasteiger partial charge on any atom is -0.497 e. The summed E-state index contributed by atoms with van der Waals surface area (Å²) in [4.78, 5) is 6.84. The van der Waals surface area contributed by atoms with Crippen molar-refractivity contribution >= 4 is 17.0 Å². The van der Waals surface area contributed by atoms with Gasteiger partial charge in [0.05, 0.1) is 12.0 Å². The lowest BCUT2D eigenvalue weighted by molar-refractivity contribution is 0.414. The molecular formula is C12H11N3OS. The molecule has 0 bridgehead atoms. The number of thiophene rings is 1. The molecule has 0 saturated carbocycles. The maximum Gasteiger partial charge on any atom is 0.192 e. The topological polar surface area (TPSA) is 39.4 Å². The third-order valence-electron chi connectivity index (χ3n) is 2.51. The zero-order valence-electron chi connectivity index (χ0n) is 9.54. The van der Waals surface area contributed by atoms with Gasteiger partial charge in [-0.15, -0.1) is 16.4 Å². The van der Waals surface area contributed by atoms with Crippen molar-refractivity contribution in [1.29, 1.82) is 0 Å². The molecule has 0 fully saturated rings.